The SMILES string of the molecule is Cc1nc(Cl)ccc1NC(=O)C1CCNC1C. The molecule has 1 aliphatic rings. The zero-order valence-corrected chi connectivity index (χ0v) is 10.7. The van der Waals surface area contributed by atoms with Crippen LogP contribution in [0.4, 0.5) is 5.69 Å². The van der Waals surface area contributed by atoms with Crippen LogP contribution >= 0.6 is 11.6 Å². The summed E-state index contributed by atoms with van der Waals surface area (Å²) in [4.78, 5) is 16.2. The second-order valence-electron chi connectivity index (χ2n) is 4.39. The van der Waals surface area contributed by atoms with Crippen molar-refractivity contribution in [2.45, 2.75) is 26.3 Å². The molecule has 17 heavy (non-hydrogen) atoms. The summed E-state index contributed by atoms with van der Waals surface area (Å²) in [6, 6.07) is 3.70. The van der Waals surface area contributed by atoms with Crippen molar-refractivity contribution in [1.29, 1.82) is 0 Å². The molecule has 5 heteroatoms. The van der Waals surface area contributed by atoms with Gasteiger partial charge < -0.3 is 10.6 Å². The van der Waals surface area contributed by atoms with E-state index >= 15 is 0 Å². The number of rotatable bonds is 2. The first-order valence-corrected chi connectivity index (χ1v) is 6.13. The molecule has 2 unspecified atom stereocenters. The first kappa shape index (κ1) is 12.3. The molecule has 2 atom stereocenters. The average molecular weight is 254 g/mol. The summed E-state index contributed by atoms with van der Waals surface area (Å²) in [7, 11) is 0. The molecule has 0 spiro atoms. The van der Waals surface area contributed by atoms with Crippen LogP contribution in [0.2, 0.25) is 5.15 Å². The molecule has 0 radical (unpaired) electrons. The van der Waals surface area contributed by atoms with Crippen molar-refractivity contribution in [2.24, 2.45) is 5.92 Å². The standard InChI is InChI=1S/C12H16ClN3O/c1-7-9(5-6-14-7)12(17)16-10-3-4-11(13)15-8(10)2/h3-4,7,9,14H,5-6H2,1-2H3,(H,16,17). The van der Waals surface area contributed by atoms with Crippen LogP contribution in [0, 0.1) is 12.8 Å². The predicted molar refractivity (Wildman–Crippen MR) is 68.2 cm³/mol. The van der Waals surface area contributed by atoms with Crippen LogP contribution in [0.25, 0.3) is 0 Å². The lowest BCUT2D eigenvalue weighted by atomic mass is 10.0. The Bertz CT molecular complexity index is 436. The number of halogens is 1. The third kappa shape index (κ3) is 2.76. The Labute approximate surface area is 106 Å². The quantitative estimate of drug-likeness (QED) is 0.793. The molecule has 2 rings (SSSR count). The second kappa shape index (κ2) is 5.02. The molecule has 4 nitrogen and oxygen atoms in total. The molecule has 1 saturated heterocycles. The van der Waals surface area contributed by atoms with Gasteiger partial charge in [-0.05, 0) is 38.9 Å². The molecule has 0 bridgehead atoms. The van der Waals surface area contributed by atoms with Gasteiger partial charge in [-0.15, -0.1) is 0 Å². The van der Waals surface area contributed by atoms with Gasteiger partial charge in [-0.1, -0.05) is 11.6 Å². The Morgan fingerprint density at radius 2 is 2.35 bits per heavy atom. The van der Waals surface area contributed by atoms with Gasteiger partial charge in [-0.3, -0.25) is 4.79 Å². The number of aryl methyl sites for hydroxylation is 1. The summed E-state index contributed by atoms with van der Waals surface area (Å²) < 4.78 is 0. The topological polar surface area (TPSA) is 54.0 Å². The Morgan fingerprint density at radius 1 is 1.59 bits per heavy atom. The van der Waals surface area contributed by atoms with Gasteiger partial charge >= 0.3 is 0 Å². The minimum absolute atomic E-state index is 0.0325. The molecule has 1 aromatic heterocycles. The van der Waals surface area contributed by atoms with Gasteiger partial charge in [0.15, 0.2) is 0 Å². The molecule has 1 aromatic rings. The molecule has 2 N–H and O–H groups in total. The number of anilines is 1. The summed E-state index contributed by atoms with van der Waals surface area (Å²) in [5.74, 6) is 0.0831. The zero-order valence-electron chi connectivity index (χ0n) is 9.96. The van der Waals surface area contributed by atoms with Crippen molar-refractivity contribution in [3.8, 4) is 0 Å². The highest BCUT2D eigenvalue weighted by molar-refractivity contribution is 6.29. The van der Waals surface area contributed by atoms with Crippen molar-refractivity contribution in [2.75, 3.05) is 11.9 Å². The Morgan fingerprint density at radius 3 is 2.94 bits per heavy atom. The first-order valence-electron chi connectivity index (χ1n) is 5.75. The number of amides is 1. The van der Waals surface area contributed by atoms with Gasteiger partial charge in [0.05, 0.1) is 17.3 Å². The minimum Gasteiger partial charge on any atom is -0.324 e. The highest BCUT2D eigenvalue weighted by Crippen LogP contribution is 2.20. The van der Waals surface area contributed by atoms with Crippen LogP contribution in [0.1, 0.15) is 19.0 Å². The van der Waals surface area contributed by atoms with E-state index in [-0.39, 0.29) is 17.9 Å². The summed E-state index contributed by atoms with van der Waals surface area (Å²) in [6.45, 7) is 4.76. The van der Waals surface area contributed by atoms with Gasteiger partial charge in [0, 0.05) is 6.04 Å². The molecule has 2 heterocycles. The van der Waals surface area contributed by atoms with E-state index in [9.17, 15) is 4.79 Å². The molecule has 1 aliphatic heterocycles. The van der Waals surface area contributed by atoms with Crippen LogP contribution in [0.5, 0.6) is 0 Å². The van der Waals surface area contributed by atoms with Gasteiger partial charge in [-0.2, -0.15) is 0 Å². The summed E-state index contributed by atoms with van der Waals surface area (Å²) in [6.07, 6.45) is 0.882. The molecular formula is C12H16ClN3O. The van der Waals surface area contributed by atoms with Gasteiger partial charge in [-0.25, -0.2) is 4.98 Å². The third-order valence-corrected chi connectivity index (χ3v) is 3.38. The number of nitrogens with one attached hydrogen (secondary N) is 2. The van der Waals surface area contributed by atoms with Crippen LogP contribution in [0.3, 0.4) is 0 Å². The van der Waals surface area contributed by atoms with Crippen molar-refractivity contribution < 1.29 is 4.79 Å². The van der Waals surface area contributed by atoms with E-state index in [4.69, 9.17) is 11.6 Å². The number of carbonyl (C=O) groups excluding carboxylic acids is 1. The van der Waals surface area contributed by atoms with Gasteiger partial charge in [0.1, 0.15) is 5.15 Å². The molecule has 0 aliphatic carbocycles. The molecule has 0 aromatic carbocycles. The number of pyridine rings is 1. The largest absolute Gasteiger partial charge is 0.324 e. The van der Waals surface area contributed by atoms with Gasteiger partial charge in [0.2, 0.25) is 5.91 Å². The number of aromatic nitrogens is 1. The minimum atomic E-state index is 0.0325. The normalized spacial score (nSPS) is 23.7. The van der Waals surface area contributed by atoms with Gasteiger partial charge in [0.25, 0.3) is 0 Å². The fourth-order valence-electron chi connectivity index (χ4n) is 2.10. The fourth-order valence-corrected chi connectivity index (χ4v) is 2.29. The number of hydrogen-bond acceptors (Lipinski definition) is 3. The van der Waals surface area contributed by atoms with E-state index in [1.807, 2.05) is 13.8 Å². The maximum absolute atomic E-state index is 12.1. The fraction of sp³-hybridized carbons (Fsp3) is 0.500. The van der Waals surface area contributed by atoms with E-state index < -0.39 is 0 Å². The summed E-state index contributed by atoms with van der Waals surface area (Å²) >= 11 is 5.77. The Kier molecular flexibility index (Phi) is 3.64. The lowest BCUT2D eigenvalue weighted by Crippen LogP contribution is -2.32. The van der Waals surface area contributed by atoms with Crippen LogP contribution in [0.15, 0.2) is 12.1 Å². The van der Waals surface area contributed by atoms with Crippen LogP contribution in [-0.4, -0.2) is 23.5 Å². The highest BCUT2D eigenvalue weighted by atomic mass is 35.5. The summed E-state index contributed by atoms with van der Waals surface area (Å²) in [5, 5.41) is 6.61. The third-order valence-electron chi connectivity index (χ3n) is 3.17. The molecule has 1 amide bonds. The van der Waals surface area contributed by atoms with Crippen molar-refractivity contribution >= 4 is 23.2 Å². The average Bonchev–Trinajstić information content (AvgIpc) is 2.68. The number of hydrogen-bond donors (Lipinski definition) is 2. The van der Waals surface area contributed by atoms with Crippen LogP contribution in [-0.2, 0) is 4.79 Å². The summed E-state index contributed by atoms with van der Waals surface area (Å²) in [5.41, 5.74) is 1.47. The van der Waals surface area contributed by atoms with E-state index in [1.54, 1.807) is 12.1 Å². The molecule has 1 fully saturated rings. The maximum Gasteiger partial charge on any atom is 0.229 e. The van der Waals surface area contributed by atoms with Crippen molar-refractivity contribution in [3.05, 3.63) is 23.0 Å². The van der Waals surface area contributed by atoms with E-state index in [2.05, 4.69) is 15.6 Å². The molecular weight excluding hydrogens is 238 g/mol. The molecule has 92 valence electrons. The second-order valence-corrected chi connectivity index (χ2v) is 4.78. The predicted octanol–water partition coefficient (Wildman–Crippen LogP) is 1.98. The Hall–Kier alpha value is -1.13. The Balaban J connectivity index is 2.07. The zero-order chi connectivity index (χ0) is 12.4. The lowest BCUT2D eigenvalue weighted by Gasteiger charge is -2.15. The smallest absolute Gasteiger partial charge is 0.229 e. The van der Waals surface area contributed by atoms with E-state index in [0.717, 1.165) is 24.3 Å². The first-order chi connectivity index (χ1) is 8.08. The monoisotopic (exact) mass is 253 g/mol. The van der Waals surface area contributed by atoms with Crippen LogP contribution < -0.4 is 10.6 Å². The lowest BCUT2D eigenvalue weighted by molar-refractivity contribution is -0.120. The maximum atomic E-state index is 12.1. The van der Waals surface area contributed by atoms with Crippen molar-refractivity contribution in [3.63, 3.8) is 0 Å². The van der Waals surface area contributed by atoms with E-state index in [0.29, 0.717) is 5.15 Å². The van der Waals surface area contributed by atoms with E-state index in [1.165, 1.54) is 0 Å². The number of carbonyl (C=O) groups is 1. The van der Waals surface area contributed by atoms with Crippen molar-refractivity contribution in [1.82, 2.24) is 10.3 Å². The highest BCUT2D eigenvalue weighted by Gasteiger charge is 2.29. The molecule has 0 saturated carbocycles. The number of nitrogens with zero attached hydrogens (tertiary/aromatic N) is 1.